The Hall–Kier alpha value is -4.27. The van der Waals surface area contributed by atoms with Gasteiger partial charge in [-0.1, -0.05) is 6.07 Å². The highest BCUT2D eigenvalue weighted by molar-refractivity contribution is 6.05. The number of ether oxygens (including phenoxy) is 2. The minimum atomic E-state index is -0.852. The number of halogens is 1. The van der Waals surface area contributed by atoms with Crippen LogP contribution >= 0.6 is 0 Å². The van der Waals surface area contributed by atoms with Gasteiger partial charge in [0.1, 0.15) is 11.8 Å². The molecule has 0 spiro atoms. The molecule has 1 atom stereocenters. The van der Waals surface area contributed by atoms with Crippen molar-refractivity contribution in [1.29, 1.82) is 0 Å². The van der Waals surface area contributed by atoms with Crippen molar-refractivity contribution in [2.45, 2.75) is 26.4 Å². The molecule has 1 N–H and O–H groups in total. The van der Waals surface area contributed by atoms with E-state index in [0.717, 1.165) is 11.1 Å². The van der Waals surface area contributed by atoms with Crippen molar-refractivity contribution in [3.05, 3.63) is 83.4 Å². The molecule has 4 rings (SSSR count). The molecule has 0 saturated carbocycles. The van der Waals surface area contributed by atoms with E-state index in [-0.39, 0.29) is 30.4 Å². The van der Waals surface area contributed by atoms with Gasteiger partial charge >= 0.3 is 0 Å². The molecule has 3 aromatic rings. The molecule has 0 fully saturated rings. The number of fused-ring (bicyclic) bond motifs is 1. The SMILES string of the molecule is Cc1ccc(F)c(OCC(=O)c2ccc3c(c2)N(C(C)C(=O)NCc2ccncc2)C(=O)CO3)c1. The molecular weight excluding hydrogens is 453 g/mol. The average molecular weight is 477 g/mol. The number of hydrogen-bond donors (Lipinski definition) is 1. The lowest BCUT2D eigenvalue weighted by Crippen LogP contribution is -2.51. The van der Waals surface area contributed by atoms with Crippen LogP contribution in [0.5, 0.6) is 11.5 Å². The normalized spacial score (nSPS) is 13.5. The number of carbonyl (C=O) groups excluding carboxylic acids is 3. The Morgan fingerprint density at radius 1 is 1.17 bits per heavy atom. The van der Waals surface area contributed by atoms with E-state index in [1.54, 1.807) is 56.6 Å². The predicted octanol–water partition coefficient (Wildman–Crippen LogP) is 3.22. The first-order valence-electron chi connectivity index (χ1n) is 11.0. The van der Waals surface area contributed by atoms with Crippen LogP contribution in [-0.2, 0) is 16.1 Å². The van der Waals surface area contributed by atoms with Crippen LogP contribution in [0.3, 0.4) is 0 Å². The Balaban J connectivity index is 1.50. The number of Topliss-reactive ketones (excluding diaryl/α,β-unsaturated/α-hetero) is 1. The number of hydrogen-bond acceptors (Lipinski definition) is 6. The zero-order valence-electron chi connectivity index (χ0n) is 19.3. The van der Waals surface area contributed by atoms with Gasteiger partial charge in [0.2, 0.25) is 5.91 Å². The number of nitrogens with zero attached hydrogens (tertiary/aromatic N) is 2. The van der Waals surface area contributed by atoms with Gasteiger partial charge in [0.15, 0.2) is 30.6 Å². The molecule has 0 radical (unpaired) electrons. The van der Waals surface area contributed by atoms with Crippen molar-refractivity contribution in [3.63, 3.8) is 0 Å². The number of benzene rings is 2. The van der Waals surface area contributed by atoms with E-state index >= 15 is 0 Å². The standard InChI is InChI=1S/C26H24FN3O5/c1-16-3-5-20(27)24(11-16)34-14-22(31)19-4-6-23-21(12-19)30(25(32)15-35-23)17(2)26(33)29-13-18-7-9-28-10-8-18/h3-12,17H,13-15H2,1-2H3,(H,29,33). The van der Waals surface area contributed by atoms with Gasteiger partial charge in [-0.3, -0.25) is 24.3 Å². The number of aromatic nitrogens is 1. The maximum atomic E-state index is 13.9. The van der Waals surface area contributed by atoms with Crippen molar-refractivity contribution in [2.75, 3.05) is 18.1 Å². The van der Waals surface area contributed by atoms with Gasteiger partial charge in [0.05, 0.1) is 5.69 Å². The molecule has 2 aromatic carbocycles. The first-order chi connectivity index (χ1) is 16.8. The van der Waals surface area contributed by atoms with Crippen LogP contribution in [0.15, 0.2) is 60.9 Å². The summed E-state index contributed by atoms with van der Waals surface area (Å²) in [5.74, 6) is -1.40. The Bertz CT molecular complexity index is 1270. The summed E-state index contributed by atoms with van der Waals surface area (Å²) in [5, 5.41) is 2.81. The summed E-state index contributed by atoms with van der Waals surface area (Å²) in [6, 6.07) is 11.7. The maximum absolute atomic E-state index is 13.9. The molecule has 1 aromatic heterocycles. The van der Waals surface area contributed by atoms with Gasteiger partial charge in [-0.15, -0.1) is 0 Å². The van der Waals surface area contributed by atoms with Crippen LogP contribution in [0.1, 0.15) is 28.4 Å². The summed E-state index contributed by atoms with van der Waals surface area (Å²) >= 11 is 0. The molecule has 35 heavy (non-hydrogen) atoms. The molecule has 9 heteroatoms. The number of rotatable bonds is 8. The van der Waals surface area contributed by atoms with E-state index < -0.39 is 30.2 Å². The molecule has 0 aliphatic carbocycles. The monoisotopic (exact) mass is 477 g/mol. The van der Waals surface area contributed by atoms with Gasteiger partial charge < -0.3 is 14.8 Å². The summed E-state index contributed by atoms with van der Waals surface area (Å²) in [7, 11) is 0. The van der Waals surface area contributed by atoms with E-state index in [0.29, 0.717) is 11.4 Å². The average Bonchev–Trinajstić information content (AvgIpc) is 2.87. The Labute approximate surface area is 201 Å². The summed E-state index contributed by atoms with van der Waals surface area (Å²) < 4.78 is 24.8. The lowest BCUT2D eigenvalue weighted by atomic mass is 10.1. The highest BCUT2D eigenvalue weighted by atomic mass is 19.1. The minimum absolute atomic E-state index is 0.0176. The second-order valence-electron chi connectivity index (χ2n) is 8.13. The number of aryl methyl sites for hydroxylation is 1. The van der Waals surface area contributed by atoms with E-state index in [9.17, 15) is 18.8 Å². The van der Waals surface area contributed by atoms with Crippen molar-refractivity contribution in [3.8, 4) is 11.5 Å². The second kappa shape index (κ2) is 10.3. The van der Waals surface area contributed by atoms with Crippen LogP contribution in [0.25, 0.3) is 0 Å². The third kappa shape index (κ3) is 5.46. The fourth-order valence-corrected chi connectivity index (χ4v) is 3.67. The highest BCUT2D eigenvalue weighted by Crippen LogP contribution is 2.34. The molecule has 8 nitrogen and oxygen atoms in total. The summed E-state index contributed by atoms with van der Waals surface area (Å²) in [4.78, 5) is 43.6. The fraction of sp³-hybridized carbons (Fsp3) is 0.231. The molecule has 2 heterocycles. The molecule has 1 aliphatic rings. The number of anilines is 1. The molecule has 180 valence electrons. The fourth-order valence-electron chi connectivity index (χ4n) is 3.67. The van der Waals surface area contributed by atoms with Crippen molar-refractivity contribution in [2.24, 2.45) is 0 Å². The molecule has 1 aliphatic heterocycles. The van der Waals surface area contributed by atoms with Gasteiger partial charge in [0, 0.05) is 24.5 Å². The van der Waals surface area contributed by atoms with Crippen molar-refractivity contribution >= 4 is 23.3 Å². The zero-order chi connectivity index (χ0) is 24.9. The first-order valence-corrected chi connectivity index (χ1v) is 11.0. The second-order valence-corrected chi connectivity index (χ2v) is 8.13. The van der Waals surface area contributed by atoms with Gasteiger partial charge in [-0.2, -0.15) is 0 Å². The van der Waals surface area contributed by atoms with Gasteiger partial charge in [-0.05, 0) is 67.4 Å². The van der Waals surface area contributed by atoms with E-state index in [2.05, 4.69) is 10.3 Å². The molecule has 2 amide bonds. The van der Waals surface area contributed by atoms with Crippen molar-refractivity contribution in [1.82, 2.24) is 10.3 Å². The van der Waals surface area contributed by atoms with Crippen LogP contribution < -0.4 is 19.7 Å². The van der Waals surface area contributed by atoms with E-state index in [4.69, 9.17) is 9.47 Å². The Kier molecular flexibility index (Phi) is 7.05. The molecule has 1 unspecified atom stereocenters. The third-order valence-corrected chi connectivity index (χ3v) is 5.59. The van der Waals surface area contributed by atoms with Crippen LogP contribution in [0, 0.1) is 12.7 Å². The van der Waals surface area contributed by atoms with Crippen LogP contribution in [0.2, 0.25) is 0 Å². The summed E-state index contributed by atoms with van der Waals surface area (Å²) in [5.41, 5.74) is 2.21. The third-order valence-electron chi connectivity index (χ3n) is 5.59. The van der Waals surface area contributed by atoms with Gasteiger partial charge in [-0.25, -0.2) is 4.39 Å². The summed E-state index contributed by atoms with van der Waals surface area (Å²) in [6.45, 7) is 3.06. The highest BCUT2D eigenvalue weighted by Gasteiger charge is 2.33. The summed E-state index contributed by atoms with van der Waals surface area (Å²) in [6.07, 6.45) is 3.25. The van der Waals surface area contributed by atoms with Gasteiger partial charge in [0.25, 0.3) is 5.91 Å². The Morgan fingerprint density at radius 2 is 1.94 bits per heavy atom. The lowest BCUT2D eigenvalue weighted by Gasteiger charge is -2.33. The molecule has 0 bridgehead atoms. The topological polar surface area (TPSA) is 97.8 Å². The number of pyridine rings is 1. The molecule has 0 saturated heterocycles. The van der Waals surface area contributed by atoms with Crippen LogP contribution in [0.4, 0.5) is 10.1 Å². The van der Waals surface area contributed by atoms with E-state index in [1.165, 1.54) is 23.1 Å². The smallest absolute Gasteiger partial charge is 0.265 e. The maximum Gasteiger partial charge on any atom is 0.265 e. The number of ketones is 1. The zero-order valence-corrected chi connectivity index (χ0v) is 19.3. The predicted molar refractivity (Wildman–Crippen MR) is 126 cm³/mol. The quantitative estimate of drug-likeness (QED) is 0.501. The number of nitrogens with one attached hydrogen (secondary N) is 1. The van der Waals surface area contributed by atoms with E-state index in [1.807, 2.05) is 0 Å². The lowest BCUT2D eigenvalue weighted by molar-refractivity contribution is -0.127. The Morgan fingerprint density at radius 3 is 2.71 bits per heavy atom. The number of carbonyl (C=O) groups is 3. The first kappa shape index (κ1) is 23.9. The minimum Gasteiger partial charge on any atom is -0.482 e. The largest absolute Gasteiger partial charge is 0.482 e. The molecular formula is C26H24FN3O5. The van der Waals surface area contributed by atoms with Crippen LogP contribution in [-0.4, -0.2) is 41.8 Å². The van der Waals surface area contributed by atoms with Crippen molar-refractivity contribution < 1.29 is 28.2 Å². The number of amides is 2.